The van der Waals surface area contributed by atoms with Crippen molar-refractivity contribution in [2.75, 3.05) is 51.7 Å². The van der Waals surface area contributed by atoms with Crippen molar-refractivity contribution in [3.8, 4) is 5.75 Å². The number of nitrogens with zero attached hydrogens (tertiary/aromatic N) is 2. The van der Waals surface area contributed by atoms with E-state index in [2.05, 4.69) is 25.8 Å². The number of ether oxygens (including phenoxy) is 1. The average Bonchev–Trinajstić information content (AvgIpc) is 2.69. The predicted molar refractivity (Wildman–Crippen MR) is 102 cm³/mol. The van der Waals surface area contributed by atoms with Gasteiger partial charge in [-0.25, -0.2) is 4.98 Å². The monoisotopic (exact) mass is 355 g/mol. The number of anilines is 2. The molecule has 1 aliphatic rings. The average molecular weight is 355 g/mol. The minimum absolute atomic E-state index is 0.134. The SMILES string of the molecule is COc1ccccc1Nc1ncccc1C(=O)NCCN1CCNCC1. The van der Waals surface area contributed by atoms with Gasteiger partial charge in [0.1, 0.15) is 11.6 Å². The normalized spacial score (nSPS) is 14.7. The van der Waals surface area contributed by atoms with Gasteiger partial charge in [0.05, 0.1) is 18.4 Å². The van der Waals surface area contributed by atoms with Gasteiger partial charge in [-0.3, -0.25) is 9.69 Å². The highest BCUT2D eigenvalue weighted by atomic mass is 16.5. The lowest BCUT2D eigenvalue weighted by Crippen LogP contribution is -2.46. The van der Waals surface area contributed by atoms with Gasteiger partial charge in [0, 0.05) is 45.5 Å². The molecular weight excluding hydrogens is 330 g/mol. The van der Waals surface area contributed by atoms with Gasteiger partial charge in [0.25, 0.3) is 5.91 Å². The third-order valence-electron chi connectivity index (χ3n) is 4.34. The molecular formula is C19H25N5O2. The van der Waals surface area contributed by atoms with Crippen molar-refractivity contribution in [3.63, 3.8) is 0 Å². The van der Waals surface area contributed by atoms with Gasteiger partial charge >= 0.3 is 0 Å². The molecule has 7 nitrogen and oxygen atoms in total. The van der Waals surface area contributed by atoms with Crippen LogP contribution in [-0.4, -0.2) is 62.2 Å². The number of aromatic nitrogens is 1. The zero-order chi connectivity index (χ0) is 18.2. The first-order chi connectivity index (χ1) is 12.8. The highest BCUT2D eigenvalue weighted by molar-refractivity contribution is 5.99. The summed E-state index contributed by atoms with van der Waals surface area (Å²) in [4.78, 5) is 19.3. The molecule has 0 aliphatic carbocycles. The lowest BCUT2D eigenvalue weighted by atomic mass is 10.2. The third-order valence-corrected chi connectivity index (χ3v) is 4.34. The number of benzene rings is 1. The third kappa shape index (κ3) is 4.71. The summed E-state index contributed by atoms with van der Waals surface area (Å²) in [6.07, 6.45) is 1.66. The van der Waals surface area contributed by atoms with E-state index in [4.69, 9.17) is 4.74 Å². The van der Waals surface area contributed by atoms with Crippen molar-refractivity contribution in [2.24, 2.45) is 0 Å². The van der Waals surface area contributed by atoms with Crippen molar-refractivity contribution in [3.05, 3.63) is 48.2 Å². The van der Waals surface area contributed by atoms with E-state index in [0.717, 1.165) is 38.4 Å². The summed E-state index contributed by atoms with van der Waals surface area (Å²) in [5, 5.41) is 9.51. The number of rotatable bonds is 7. The van der Waals surface area contributed by atoms with Crippen LogP contribution in [0.15, 0.2) is 42.6 Å². The highest BCUT2D eigenvalue weighted by Crippen LogP contribution is 2.27. The zero-order valence-corrected chi connectivity index (χ0v) is 15.0. The number of hydrogen-bond donors (Lipinski definition) is 3. The second kappa shape index (κ2) is 9.17. The van der Waals surface area contributed by atoms with E-state index in [9.17, 15) is 4.79 Å². The maximum absolute atomic E-state index is 12.6. The Bertz CT molecular complexity index is 731. The van der Waals surface area contributed by atoms with Crippen LogP contribution in [0.4, 0.5) is 11.5 Å². The topological polar surface area (TPSA) is 78.5 Å². The Kier molecular flexibility index (Phi) is 6.40. The molecule has 3 rings (SSSR count). The summed E-state index contributed by atoms with van der Waals surface area (Å²) in [6, 6.07) is 11.1. The Hall–Kier alpha value is -2.64. The van der Waals surface area contributed by atoms with Gasteiger partial charge in [-0.1, -0.05) is 12.1 Å². The summed E-state index contributed by atoms with van der Waals surface area (Å²) in [6.45, 7) is 5.50. The van der Waals surface area contributed by atoms with Crippen LogP contribution in [0.1, 0.15) is 10.4 Å². The van der Waals surface area contributed by atoms with E-state index in [0.29, 0.717) is 23.7 Å². The van der Waals surface area contributed by atoms with E-state index in [-0.39, 0.29) is 5.91 Å². The molecule has 2 heterocycles. The first kappa shape index (κ1) is 18.2. The number of hydrogen-bond acceptors (Lipinski definition) is 6. The molecule has 7 heteroatoms. The van der Waals surface area contributed by atoms with Crippen LogP contribution in [0.3, 0.4) is 0 Å². The van der Waals surface area contributed by atoms with E-state index in [1.165, 1.54) is 0 Å². The number of nitrogens with one attached hydrogen (secondary N) is 3. The Morgan fingerprint density at radius 3 is 2.85 bits per heavy atom. The van der Waals surface area contributed by atoms with Crippen LogP contribution in [0.2, 0.25) is 0 Å². The largest absolute Gasteiger partial charge is 0.495 e. The van der Waals surface area contributed by atoms with Crippen LogP contribution in [0.25, 0.3) is 0 Å². The summed E-state index contributed by atoms with van der Waals surface area (Å²) in [7, 11) is 1.61. The summed E-state index contributed by atoms with van der Waals surface area (Å²) >= 11 is 0. The first-order valence-electron chi connectivity index (χ1n) is 8.84. The summed E-state index contributed by atoms with van der Waals surface area (Å²) < 4.78 is 5.35. The molecule has 0 bridgehead atoms. The molecule has 2 aromatic rings. The molecule has 0 radical (unpaired) electrons. The van der Waals surface area contributed by atoms with Gasteiger partial charge in [0.2, 0.25) is 0 Å². The van der Waals surface area contributed by atoms with Crippen molar-refractivity contribution in [1.82, 2.24) is 20.5 Å². The van der Waals surface area contributed by atoms with Gasteiger partial charge in [0.15, 0.2) is 0 Å². The minimum atomic E-state index is -0.134. The Morgan fingerprint density at radius 1 is 1.23 bits per heavy atom. The lowest BCUT2D eigenvalue weighted by molar-refractivity contribution is 0.0948. The van der Waals surface area contributed by atoms with Gasteiger partial charge < -0.3 is 20.7 Å². The molecule has 0 saturated carbocycles. The number of pyridine rings is 1. The Labute approximate surface area is 153 Å². The van der Waals surface area contributed by atoms with Gasteiger partial charge in [-0.15, -0.1) is 0 Å². The molecule has 1 aromatic carbocycles. The van der Waals surface area contributed by atoms with Crippen molar-refractivity contribution < 1.29 is 9.53 Å². The molecule has 0 spiro atoms. The maximum Gasteiger partial charge on any atom is 0.255 e. The van der Waals surface area contributed by atoms with Crippen LogP contribution < -0.4 is 20.7 Å². The lowest BCUT2D eigenvalue weighted by Gasteiger charge is -2.27. The minimum Gasteiger partial charge on any atom is -0.495 e. The number of amides is 1. The molecule has 3 N–H and O–H groups in total. The van der Waals surface area contributed by atoms with Crippen molar-refractivity contribution in [1.29, 1.82) is 0 Å². The molecule has 1 saturated heterocycles. The molecule has 0 unspecified atom stereocenters. The van der Waals surface area contributed by atoms with Crippen molar-refractivity contribution >= 4 is 17.4 Å². The molecule has 26 heavy (non-hydrogen) atoms. The van der Waals surface area contributed by atoms with Crippen LogP contribution in [-0.2, 0) is 0 Å². The molecule has 138 valence electrons. The Balaban J connectivity index is 1.63. The number of para-hydroxylation sites is 2. The summed E-state index contributed by atoms with van der Waals surface area (Å²) in [5.41, 5.74) is 1.28. The fraction of sp³-hybridized carbons (Fsp3) is 0.368. The molecule has 1 amide bonds. The van der Waals surface area contributed by atoms with Crippen LogP contribution in [0, 0.1) is 0 Å². The number of piperazine rings is 1. The molecule has 1 fully saturated rings. The number of carbonyl (C=O) groups is 1. The fourth-order valence-corrected chi connectivity index (χ4v) is 2.92. The smallest absolute Gasteiger partial charge is 0.255 e. The number of carbonyl (C=O) groups excluding carboxylic acids is 1. The van der Waals surface area contributed by atoms with Crippen LogP contribution >= 0.6 is 0 Å². The standard InChI is InChI=1S/C19H25N5O2/c1-26-17-7-3-2-6-16(17)23-18-15(5-4-8-21-18)19(25)22-11-14-24-12-9-20-10-13-24/h2-8,20H,9-14H2,1H3,(H,21,23)(H,22,25). The zero-order valence-electron chi connectivity index (χ0n) is 15.0. The number of methoxy groups -OCH3 is 1. The van der Waals surface area contributed by atoms with Crippen LogP contribution in [0.5, 0.6) is 5.75 Å². The molecule has 1 aliphatic heterocycles. The van der Waals surface area contributed by atoms with E-state index in [1.54, 1.807) is 25.4 Å². The highest BCUT2D eigenvalue weighted by Gasteiger charge is 2.14. The van der Waals surface area contributed by atoms with E-state index < -0.39 is 0 Å². The molecule has 1 aromatic heterocycles. The van der Waals surface area contributed by atoms with E-state index in [1.807, 2.05) is 24.3 Å². The summed E-state index contributed by atoms with van der Waals surface area (Å²) in [5.74, 6) is 1.07. The fourth-order valence-electron chi connectivity index (χ4n) is 2.92. The van der Waals surface area contributed by atoms with Crippen molar-refractivity contribution in [2.45, 2.75) is 0 Å². The Morgan fingerprint density at radius 2 is 2.04 bits per heavy atom. The maximum atomic E-state index is 12.6. The van der Waals surface area contributed by atoms with Gasteiger partial charge in [-0.05, 0) is 24.3 Å². The second-order valence-corrected chi connectivity index (χ2v) is 6.07. The van der Waals surface area contributed by atoms with E-state index >= 15 is 0 Å². The molecule has 0 atom stereocenters. The quantitative estimate of drug-likeness (QED) is 0.698. The second-order valence-electron chi connectivity index (χ2n) is 6.07. The predicted octanol–water partition coefficient (Wildman–Crippen LogP) is 1.47. The van der Waals surface area contributed by atoms with Gasteiger partial charge in [-0.2, -0.15) is 0 Å². The first-order valence-corrected chi connectivity index (χ1v) is 8.84.